The molecule has 0 saturated heterocycles. The molecule has 0 amide bonds. The molecule has 1 unspecified atom stereocenters. The summed E-state index contributed by atoms with van der Waals surface area (Å²) in [5.74, 6) is 2.89. The molecule has 4 aromatic rings. The van der Waals surface area contributed by atoms with E-state index in [2.05, 4.69) is 26.3 Å². The van der Waals surface area contributed by atoms with Gasteiger partial charge in [-0.05, 0) is 19.4 Å². The summed E-state index contributed by atoms with van der Waals surface area (Å²) in [5.41, 5.74) is 2.93. The summed E-state index contributed by atoms with van der Waals surface area (Å²) in [6.45, 7) is 4.40. The monoisotopic (exact) mass is 450 g/mol. The van der Waals surface area contributed by atoms with Crippen molar-refractivity contribution in [2.45, 2.75) is 45.7 Å². The highest BCUT2D eigenvalue weighted by Gasteiger charge is 2.27. The number of aliphatic carboxylic acids is 1. The van der Waals surface area contributed by atoms with Gasteiger partial charge in [0.05, 0.1) is 32.0 Å². The van der Waals surface area contributed by atoms with Gasteiger partial charge in [-0.15, -0.1) is 0 Å². The lowest BCUT2D eigenvalue weighted by molar-refractivity contribution is -0.134. The highest BCUT2D eigenvalue weighted by atomic mass is 16.5. The molecule has 0 saturated carbocycles. The summed E-state index contributed by atoms with van der Waals surface area (Å²) in [6.07, 6.45) is 5.25. The van der Waals surface area contributed by atoms with Gasteiger partial charge in [0, 0.05) is 30.5 Å². The first-order valence-electron chi connectivity index (χ1n) is 10.6. The number of aryl methyl sites for hydroxylation is 2. The quantitative estimate of drug-likeness (QED) is 0.473. The number of para-hydroxylation sites is 1. The fourth-order valence-corrected chi connectivity index (χ4v) is 3.91. The predicted molar refractivity (Wildman–Crippen MR) is 119 cm³/mol. The number of carboxylic acids is 1. The number of H-pyrrole nitrogens is 1. The van der Waals surface area contributed by atoms with E-state index in [0.717, 1.165) is 60.5 Å². The molecule has 33 heavy (non-hydrogen) atoms. The maximum absolute atomic E-state index is 9.00. The summed E-state index contributed by atoms with van der Waals surface area (Å²) in [6, 6.07) is 8.01. The van der Waals surface area contributed by atoms with Crippen LogP contribution in [0, 0.1) is 6.92 Å². The molecular weight excluding hydrogens is 424 g/mol. The van der Waals surface area contributed by atoms with Crippen LogP contribution in [0.15, 0.2) is 36.8 Å². The van der Waals surface area contributed by atoms with E-state index in [4.69, 9.17) is 24.7 Å². The third-order valence-corrected chi connectivity index (χ3v) is 5.45. The molecule has 2 N–H and O–H groups in total. The van der Waals surface area contributed by atoms with Crippen LogP contribution in [0.25, 0.3) is 11.4 Å². The largest absolute Gasteiger partial charge is 0.496 e. The van der Waals surface area contributed by atoms with E-state index in [1.54, 1.807) is 19.6 Å². The standard InChI is InChI=1S/C20H22N8O.C2H4O2/c1-13-16(9-22-25-13)19-24-20(15-7-8-18-21-12-23-27(18)11-15)28(26-19)10-14-5-3-4-6-17(14)29-2;1-2(3)4/h3-6,9,12,15H,7-8,10-11H2,1-2H3,(H,22,25);1H3,(H,3,4). The fourth-order valence-electron chi connectivity index (χ4n) is 3.91. The fraction of sp³-hybridized carbons (Fsp3) is 0.364. The van der Waals surface area contributed by atoms with E-state index in [9.17, 15) is 0 Å². The number of hydrogen-bond donors (Lipinski definition) is 2. The number of nitrogens with zero attached hydrogens (tertiary/aromatic N) is 7. The first-order chi connectivity index (χ1) is 16.0. The van der Waals surface area contributed by atoms with E-state index in [1.807, 2.05) is 34.5 Å². The van der Waals surface area contributed by atoms with Crippen LogP contribution in [-0.4, -0.2) is 57.9 Å². The van der Waals surface area contributed by atoms with E-state index < -0.39 is 5.97 Å². The first-order valence-corrected chi connectivity index (χ1v) is 10.6. The minimum atomic E-state index is -0.833. The molecule has 11 nitrogen and oxygen atoms in total. The van der Waals surface area contributed by atoms with Gasteiger partial charge in [-0.2, -0.15) is 15.3 Å². The average Bonchev–Trinajstić information content (AvgIpc) is 3.52. The van der Waals surface area contributed by atoms with Gasteiger partial charge < -0.3 is 9.84 Å². The molecule has 11 heteroatoms. The Bertz CT molecular complexity index is 1240. The number of rotatable bonds is 5. The minimum Gasteiger partial charge on any atom is -0.496 e. The number of carboxylic acid groups (broad SMARTS) is 1. The van der Waals surface area contributed by atoms with E-state index in [1.165, 1.54) is 0 Å². The third kappa shape index (κ3) is 4.92. The molecule has 172 valence electrons. The van der Waals surface area contributed by atoms with Crippen LogP contribution >= 0.6 is 0 Å². The summed E-state index contributed by atoms with van der Waals surface area (Å²) < 4.78 is 9.50. The normalized spacial score (nSPS) is 14.8. The number of aromatic amines is 1. The maximum Gasteiger partial charge on any atom is 0.300 e. The molecule has 1 aliphatic rings. The zero-order chi connectivity index (χ0) is 23.4. The van der Waals surface area contributed by atoms with Gasteiger partial charge in [-0.3, -0.25) is 9.89 Å². The number of hydrogen-bond acceptors (Lipinski definition) is 7. The van der Waals surface area contributed by atoms with Gasteiger partial charge in [0.1, 0.15) is 23.7 Å². The van der Waals surface area contributed by atoms with Crippen LogP contribution in [-0.2, 0) is 24.3 Å². The van der Waals surface area contributed by atoms with Crippen molar-refractivity contribution in [2.24, 2.45) is 0 Å². The van der Waals surface area contributed by atoms with E-state index >= 15 is 0 Å². The SMILES string of the molecule is CC(=O)O.COc1ccccc1Cn1nc(-c2cn[nH]c2C)nc1C1CCc2ncnn2C1. The number of methoxy groups -OCH3 is 1. The van der Waals surface area contributed by atoms with Crippen molar-refractivity contribution in [1.82, 2.24) is 39.7 Å². The molecule has 0 aliphatic carbocycles. The topological polar surface area (TPSA) is 137 Å². The number of benzene rings is 1. The zero-order valence-corrected chi connectivity index (χ0v) is 18.8. The van der Waals surface area contributed by atoms with E-state index in [-0.39, 0.29) is 5.92 Å². The van der Waals surface area contributed by atoms with Crippen molar-refractivity contribution in [3.05, 3.63) is 59.7 Å². The zero-order valence-electron chi connectivity index (χ0n) is 18.8. The van der Waals surface area contributed by atoms with Crippen molar-refractivity contribution in [1.29, 1.82) is 0 Å². The second-order valence-corrected chi connectivity index (χ2v) is 7.78. The number of carbonyl (C=O) groups is 1. The van der Waals surface area contributed by atoms with Crippen molar-refractivity contribution in [2.75, 3.05) is 7.11 Å². The molecule has 0 spiro atoms. The smallest absolute Gasteiger partial charge is 0.300 e. The van der Waals surface area contributed by atoms with Crippen LogP contribution in [0.2, 0.25) is 0 Å². The highest BCUT2D eigenvalue weighted by molar-refractivity contribution is 5.63. The summed E-state index contributed by atoms with van der Waals surface area (Å²) in [4.78, 5) is 18.3. The van der Waals surface area contributed by atoms with Gasteiger partial charge in [0.25, 0.3) is 5.97 Å². The molecule has 0 radical (unpaired) electrons. The number of fused-ring (bicyclic) bond motifs is 1. The lowest BCUT2D eigenvalue weighted by Gasteiger charge is -2.22. The second kappa shape index (κ2) is 9.63. The second-order valence-electron chi connectivity index (χ2n) is 7.78. The number of nitrogens with one attached hydrogen (secondary N) is 1. The Labute approximate surface area is 190 Å². The van der Waals surface area contributed by atoms with Crippen molar-refractivity contribution >= 4 is 5.97 Å². The van der Waals surface area contributed by atoms with Crippen molar-refractivity contribution in [3.63, 3.8) is 0 Å². The first kappa shape index (κ1) is 22.2. The summed E-state index contributed by atoms with van der Waals surface area (Å²) >= 11 is 0. The van der Waals surface area contributed by atoms with Crippen LogP contribution in [0.3, 0.4) is 0 Å². The maximum atomic E-state index is 9.00. The Morgan fingerprint density at radius 2 is 2.12 bits per heavy atom. The molecule has 1 aromatic carbocycles. The number of ether oxygens (including phenoxy) is 1. The Morgan fingerprint density at radius 1 is 1.33 bits per heavy atom. The van der Waals surface area contributed by atoms with Crippen LogP contribution < -0.4 is 4.74 Å². The Hall–Kier alpha value is -4.02. The van der Waals surface area contributed by atoms with Crippen LogP contribution in [0.5, 0.6) is 5.75 Å². The van der Waals surface area contributed by atoms with Gasteiger partial charge in [0.2, 0.25) is 0 Å². The molecule has 1 aliphatic heterocycles. The predicted octanol–water partition coefficient (Wildman–Crippen LogP) is 2.45. The Morgan fingerprint density at radius 3 is 2.85 bits per heavy atom. The average molecular weight is 451 g/mol. The summed E-state index contributed by atoms with van der Waals surface area (Å²) in [5, 5.41) is 23.7. The van der Waals surface area contributed by atoms with E-state index in [0.29, 0.717) is 12.4 Å². The molecule has 3 aromatic heterocycles. The van der Waals surface area contributed by atoms with Crippen LogP contribution in [0.4, 0.5) is 0 Å². The lowest BCUT2D eigenvalue weighted by atomic mass is 9.98. The third-order valence-electron chi connectivity index (χ3n) is 5.45. The number of aromatic nitrogens is 8. The van der Waals surface area contributed by atoms with Gasteiger partial charge in [-0.25, -0.2) is 19.3 Å². The lowest BCUT2D eigenvalue weighted by Crippen LogP contribution is -2.23. The Balaban J connectivity index is 0.000000601. The van der Waals surface area contributed by atoms with Crippen molar-refractivity contribution in [3.8, 4) is 17.1 Å². The molecule has 1 atom stereocenters. The highest BCUT2D eigenvalue weighted by Crippen LogP contribution is 2.30. The van der Waals surface area contributed by atoms with Gasteiger partial charge in [-0.1, -0.05) is 18.2 Å². The van der Waals surface area contributed by atoms with Crippen molar-refractivity contribution < 1.29 is 14.6 Å². The van der Waals surface area contributed by atoms with Crippen LogP contribution in [0.1, 0.15) is 42.2 Å². The molecular formula is C22H26N8O3. The molecule has 0 fully saturated rings. The molecule has 5 rings (SSSR count). The molecule has 0 bridgehead atoms. The molecule has 4 heterocycles. The minimum absolute atomic E-state index is 0.215. The summed E-state index contributed by atoms with van der Waals surface area (Å²) in [7, 11) is 1.69. The van der Waals surface area contributed by atoms with Gasteiger partial charge >= 0.3 is 0 Å². The Kier molecular flexibility index (Phi) is 6.48. The van der Waals surface area contributed by atoms with Gasteiger partial charge in [0.15, 0.2) is 5.82 Å².